The zero-order chi connectivity index (χ0) is 22.2. The molecule has 0 spiro atoms. The van der Waals surface area contributed by atoms with Crippen LogP contribution in [0.1, 0.15) is 48.1 Å². The van der Waals surface area contributed by atoms with E-state index in [4.69, 9.17) is 9.47 Å². The summed E-state index contributed by atoms with van der Waals surface area (Å²) < 4.78 is 11.5. The highest BCUT2D eigenvalue weighted by Crippen LogP contribution is 2.25. The number of hydrogen-bond donors (Lipinski definition) is 1. The smallest absolute Gasteiger partial charge is 0.257 e. The molecule has 5 heteroatoms. The molecular weight excluding hydrogens is 388 g/mol. The van der Waals surface area contributed by atoms with E-state index in [1.54, 1.807) is 0 Å². The number of rotatable bonds is 9. The Hall–Kier alpha value is -3.18. The number of nitrogens with one attached hydrogen (secondary N) is 1. The summed E-state index contributed by atoms with van der Waals surface area (Å²) in [5.74, 6) is 1.23. The molecule has 3 aromatic rings. The van der Waals surface area contributed by atoms with Crippen LogP contribution in [0.5, 0.6) is 11.5 Å². The molecule has 1 heterocycles. The first-order valence-corrected chi connectivity index (χ1v) is 10.7. The first kappa shape index (κ1) is 22.5. The second kappa shape index (κ2) is 10.7. The predicted molar refractivity (Wildman–Crippen MR) is 124 cm³/mol. The van der Waals surface area contributed by atoms with Crippen molar-refractivity contribution in [3.63, 3.8) is 0 Å². The number of amides is 1. The minimum absolute atomic E-state index is 0.0949. The molecule has 1 amide bonds. The van der Waals surface area contributed by atoms with Gasteiger partial charge in [-0.05, 0) is 69.2 Å². The van der Waals surface area contributed by atoms with Gasteiger partial charge in [0.1, 0.15) is 11.5 Å². The van der Waals surface area contributed by atoms with Crippen LogP contribution in [-0.2, 0) is 17.6 Å². The second-order valence-corrected chi connectivity index (χ2v) is 7.49. The lowest BCUT2D eigenvalue weighted by atomic mass is 10.1. The molecule has 1 atom stereocenters. The summed E-state index contributed by atoms with van der Waals surface area (Å²) in [6, 6.07) is 19.1. The number of carbonyl (C=O) groups is 1. The van der Waals surface area contributed by atoms with Crippen LogP contribution in [0, 0.1) is 6.92 Å². The molecule has 0 saturated heterocycles. The van der Waals surface area contributed by atoms with Crippen LogP contribution in [-0.4, -0.2) is 23.6 Å². The average Bonchev–Trinajstić information content (AvgIpc) is 2.74. The van der Waals surface area contributed by atoms with E-state index in [0.717, 1.165) is 24.3 Å². The summed E-state index contributed by atoms with van der Waals surface area (Å²) in [5.41, 5.74) is 4.09. The van der Waals surface area contributed by atoms with Crippen molar-refractivity contribution in [1.82, 2.24) is 4.98 Å². The Labute approximate surface area is 184 Å². The summed E-state index contributed by atoms with van der Waals surface area (Å²) >= 11 is 0. The Morgan fingerprint density at radius 2 is 1.81 bits per heavy atom. The first-order valence-electron chi connectivity index (χ1n) is 10.7. The van der Waals surface area contributed by atoms with Crippen LogP contribution in [0.15, 0.2) is 60.7 Å². The quantitative estimate of drug-likeness (QED) is 0.465. The Morgan fingerprint density at radius 1 is 1.03 bits per heavy atom. The number of aryl methyl sites for hydroxylation is 2. The van der Waals surface area contributed by atoms with Crippen molar-refractivity contribution in [3.05, 3.63) is 83.2 Å². The van der Waals surface area contributed by atoms with Crippen LogP contribution in [0.4, 0.5) is 5.69 Å². The summed E-state index contributed by atoms with van der Waals surface area (Å²) in [4.78, 5) is 17.4. The van der Waals surface area contributed by atoms with E-state index in [-0.39, 0.29) is 12.0 Å². The highest BCUT2D eigenvalue weighted by Gasteiger charge is 2.13. The maximum absolute atomic E-state index is 12.8. The maximum atomic E-state index is 12.8. The van der Waals surface area contributed by atoms with Gasteiger partial charge in [0.05, 0.1) is 17.4 Å². The molecule has 0 radical (unpaired) electrons. The van der Waals surface area contributed by atoms with Gasteiger partial charge in [-0.3, -0.25) is 9.78 Å². The van der Waals surface area contributed by atoms with Crippen molar-refractivity contribution < 1.29 is 14.3 Å². The first-order chi connectivity index (χ1) is 15.0. The van der Waals surface area contributed by atoms with Gasteiger partial charge in [0.2, 0.25) is 0 Å². The van der Waals surface area contributed by atoms with E-state index >= 15 is 0 Å². The van der Waals surface area contributed by atoms with E-state index in [1.807, 2.05) is 69.3 Å². The van der Waals surface area contributed by atoms with E-state index in [9.17, 15) is 4.79 Å². The van der Waals surface area contributed by atoms with E-state index < -0.39 is 0 Å². The summed E-state index contributed by atoms with van der Waals surface area (Å²) in [6.07, 6.45) is 1.80. The van der Waals surface area contributed by atoms with E-state index in [0.29, 0.717) is 29.3 Å². The Kier molecular flexibility index (Phi) is 7.79. The van der Waals surface area contributed by atoms with Gasteiger partial charge in [-0.1, -0.05) is 25.1 Å². The normalized spacial score (nSPS) is 11.7. The van der Waals surface area contributed by atoms with Crippen molar-refractivity contribution in [2.45, 2.75) is 46.6 Å². The number of nitrogens with zero attached hydrogens (tertiary/aromatic N) is 1. The van der Waals surface area contributed by atoms with Crippen molar-refractivity contribution in [1.29, 1.82) is 0 Å². The highest BCUT2D eigenvalue weighted by atomic mass is 16.5. The monoisotopic (exact) mass is 418 g/mol. The molecular formula is C26H30N2O3. The number of carbonyl (C=O) groups excluding carboxylic acids is 1. The number of anilines is 1. The van der Waals surface area contributed by atoms with Gasteiger partial charge in [-0.25, -0.2) is 0 Å². The molecule has 0 aliphatic rings. The topological polar surface area (TPSA) is 60.5 Å². The number of aromatic nitrogens is 1. The molecule has 1 unspecified atom stereocenters. The van der Waals surface area contributed by atoms with Crippen molar-refractivity contribution in [2.75, 3.05) is 11.9 Å². The zero-order valence-corrected chi connectivity index (χ0v) is 18.6. The van der Waals surface area contributed by atoms with E-state index in [2.05, 4.69) is 29.4 Å². The van der Waals surface area contributed by atoms with Crippen molar-refractivity contribution >= 4 is 11.6 Å². The van der Waals surface area contributed by atoms with Gasteiger partial charge in [0.25, 0.3) is 5.91 Å². The molecule has 5 nitrogen and oxygen atoms in total. The van der Waals surface area contributed by atoms with Crippen LogP contribution >= 0.6 is 0 Å². The minimum atomic E-state index is -0.196. The SMILES string of the molecule is CCOC(C)Cc1ccc(C(=O)Nc2cccc(Oc3ccc(CC)cc3)c2)c(C)n1. The third-order valence-electron chi connectivity index (χ3n) is 5.00. The maximum Gasteiger partial charge on any atom is 0.257 e. The van der Waals surface area contributed by atoms with Crippen LogP contribution in [0.3, 0.4) is 0 Å². The molecule has 0 aliphatic carbocycles. The number of benzene rings is 2. The van der Waals surface area contributed by atoms with Gasteiger partial charge in [-0.15, -0.1) is 0 Å². The summed E-state index contributed by atoms with van der Waals surface area (Å²) in [7, 11) is 0. The summed E-state index contributed by atoms with van der Waals surface area (Å²) in [5, 5.41) is 2.94. The number of ether oxygens (including phenoxy) is 2. The fourth-order valence-electron chi connectivity index (χ4n) is 3.37. The lowest BCUT2D eigenvalue weighted by Crippen LogP contribution is -2.16. The van der Waals surface area contributed by atoms with Gasteiger partial charge in [-0.2, -0.15) is 0 Å². The molecule has 0 aliphatic heterocycles. The fourth-order valence-corrected chi connectivity index (χ4v) is 3.37. The van der Waals surface area contributed by atoms with Gasteiger partial charge >= 0.3 is 0 Å². The van der Waals surface area contributed by atoms with Crippen LogP contribution in [0.2, 0.25) is 0 Å². The second-order valence-electron chi connectivity index (χ2n) is 7.49. The molecule has 31 heavy (non-hydrogen) atoms. The summed E-state index contributed by atoms with van der Waals surface area (Å²) in [6.45, 7) is 8.64. The zero-order valence-electron chi connectivity index (χ0n) is 18.6. The van der Waals surface area contributed by atoms with E-state index in [1.165, 1.54) is 5.56 Å². The molecule has 1 N–H and O–H groups in total. The Bertz CT molecular complexity index is 1020. The standard InChI is InChI=1S/C26H30N2O3/c1-5-20-10-13-23(14-11-20)31-24-9-7-8-21(17-24)28-26(29)25-15-12-22(27-19(25)4)16-18(3)30-6-2/h7-15,17-18H,5-6,16H2,1-4H3,(H,28,29). The fraction of sp³-hybridized carbons (Fsp3) is 0.308. The Morgan fingerprint density at radius 3 is 2.48 bits per heavy atom. The van der Waals surface area contributed by atoms with Crippen molar-refractivity contribution in [3.8, 4) is 11.5 Å². The lowest BCUT2D eigenvalue weighted by molar-refractivity contribution is 0.0761. The molecule has 0 saturated carbocycles. The van der Waals surface area contributed by atoms with Gasteiger partial charge < -0.3 is 14.8 Å². The van der Waals surface area contributed by atoms with Crippen LogP contribution < -0.4 is 10.1 Å². The molecule has 2 aromatic carbocycles. The molecule has 162 valence electrons. The largest absolute Gasteiger partial charge is 0.457 e. The lowest BCUT2D eigenvalue weighted by Gasteiger charge is -2.13. The predicted octanol–water partition coefficient (Wildman–Crippen LogP) is 5.96. The minimum Gasteiger partial charge on any atom is -0.457 e. The van der Waals surface area contributed by atoms with Crippen molar-refractivity contribution in [2.24, 2.45) is 0 Å². The molecule has 0 bridgehead atoms. The highest BCUT2D eigenvalue weighted by molar-refractivity contribution is 6.05. The molecule has 1 aromatic heterocycles. The molecule has 0 fully saturated rings. The third kappa shape index (κ3) is 6.40. The van der Waals surface area contributed by atoms with Gasteiger partial charge in [0, 0.05) is 30.5 Å². The molecule has 3 rings (SSSR count). The third-order valence-corrected chi connectivity index (χ3v) is 5.00. The van der Waals surface area contributed by atoms with Crippen LogP contribution in [0.25, 0.3) is 0 Å². The average molecular weight is 419 g/mol. The number of hydrogen-bond acceptors (Lipinski definition) is 4. The number of pyridine rings is 1. The van der Waals surface area contributed by atoms with Gasteiger partial charge in [0.15, 0.2) is 0 Å². The Balaban J connectivity index is 1.66.